The third kappa shape index (κ3) is 2.61. The summed E-state index contributed by atoms with van der Waals surface area (Å²) in [5, 5.41) is 27.8. The van der Waals surface area contributed by atoms with Crippen LogP contribution < -0.4 is 11.2 Å². The van der Waals surface area contributed by atoms with Crippen molar-refractivity contribution in [2.75, 3.05) is 12.1 Å². The number of rotatable bonds is 4. The number of nitrogens with one attached hydrogen (secondary N) is 1. The van der Waals surface area contributed by atoms with Crippen molar-refractivity contribution in [3.63, 3.8) is 0 Å². The molecule has 1 fully saturated rings. The predicted octanol–water partition coefficient (Wildman–Crippen LogP) is -0.753. The number of ether oxygens (including phenoxy) is 1. The second-order valence-corrected chi connectivity index (χ2v) is 4.40. The van der Waals surface area contributed by atoms with Crippen LogP contribution >= 0.6 is 0 Å². The van der Waals surface area contributed by atoms with Gasteiger partial charge in [0.05, 0.1) is 12.7 Å². The van der Waals surface area contributed by atoms with E-state index in [9.17, 15) is 9.90 Å². The smallest absolute Gasteiger partial charge is 0.351 e. The molecule has 0 spiro atoms. The summed E-state index contributed by atoms with van der Waals surface area (Å²) in [6.07, 6.45) is 0.0519. The lowest BCUT2D eigenvalue weighted by atomic mass is 10.2. The first-order valence-electron chi connectivity index (χ1n) is 6.07. The molecule has 0 bridgehead atoms. The highest BCUT2D eigenvalue weighted by atomic mass is 16.5. The van der Waals surface area contributed by atoms with E-state index < -0.39 is 24.1 Å². The highest BCUT2D eigenvalue weighted by Gasteiger charge is 2.35. The van der Waals surface area contributed by atoms with Crippen LogP contribution in [0.25, 0.3) is 0 Å². The Morgan fingerprint density at radius 2 is 2.37 bits per heavy atom. The average Bonchev–Trinajstić information content (AvgIpc) is 2.79. The lowest BCUT2D eigenvalue weighted by Gasteiger charge is -2.18. The minimum Gasteiger partial charge on any atom is -0.394 e. The Labute approximate surface area is 109 Å². The molecule has 4 N–H and O–H groups in total. The Morgan fingerprint density at radius 3 is 2.89 bits per heavy atom. The van der Waals surface area contributed by atoms with Gasteiger partial charge in [-0.1, -0.05) is 6.92 Å². The first kappa shape index (κ1) is 13.9. The Kier molecular flexibility index (Phi) is 4.15. The van der Waals surface area contributed by atoms with E-state index >= 15 is 0 Å². The van der Waals surface area contributed by atoms with Crippen LogP contribution in [-0.2, 0) is 11.2 Å². The molecule has 1 aromatic heterocycles. The average molecular weight is 271 g/mol. The van der Waals surface area contributed by atoms with Crippen LogP contribution in [0, 0.1) is 0 Å². The van der Waals surface area contributed by atoms with Crippen molar-refractivity contribution >= 4 is 5.82 Å². The summed E-state index contributed by atoms with van der Waals surface area (Å²) in [6.45, 7) is 1.63. The van der Waals surface area contributed by atoms with Gasteiger partial charge in [-0.25, -0.2) is 4.79 Å². The van der Waals surface area contributed by atoms with Crippen LogP contribution in [0.5, 0.6) is 0 Å². The summed E-state index contributed by atoms with van der Waals surface area (Å²) < 4.78 is 6.58. The molecule has 3 atom stereocenters. The van der Waals surface area contributed by atoms with E-state index in [1.54, 1.807) is 0 Å². The SMILES string of the molecule is CCc1cn([C@@H]2O[C@H](CO)C[C@H]2O)c(=O)nc1NO. The molecule has 0 amide bonds. The molecule has 8 heteroatoms. The molecule has 0 radical (unpaired) electrons. The number of anilines is 1. The molecule has 8 nitrogen and oxygen atoms in total. The van der Waals surface area contributed by atoms with Crippen LogP contribution in [0.3, 0.4) is 0 Å². The largest absolute Gasteiger partial charge is 0.394 e. The van der Waals surface area contributed by atoms with Crippen molar-refractivity contribution in [2.45, 2.75) is 38.2 Å². The minimum absolute atomic E-state index is 0.0925. The Hall–Kier alpha value is -1.48. The number of aliphatic hydroxyl groups excluding tert-OH is 2. The zero-order valence-corrected chi connectivity index (χ0v) is 10.5. The molecule has 0 unspecified atom stereocenters. The van der Waals surface area contributed by atoms with E-state index in [0.717, 1.165) is 0 Å². The van der Waals surface area contributed by atoms with Crippen LogP contribution in [-0.4, -0.2) is 43.8 Å². The third-order valence-electron chi connectivity index (χ3n) is 3.16. The fraction of sp³-hybridized carbons (Fsp3) is 0.636. The van der Waals surface area contributed by atoms with Gasteiger partial charge in [0.1, 0.15) is 6.10 Å². The molecular formula is C11H17N3O5. The van der Waals surface area contributed by atoms with Gasteiger partial charge in [-0.15, -0.1) is 0 Å². The summed E-state index contributed by atoms with van der Waals surface area (Å²) in [7, 11) is 0. The molecule has 1 aromatic rings. The van der Waals surface area contributed by atoms with Crippen molar-refractivity contribution in [3.05, 3.63) is 22.2 Å². The van der Waals surface area contributed by atoms with Crippen LogP contribution in [0.1, 0.15) is 25.1 Å². The Balaban J connectivity index is 2.37. The van der Waals surface area contributed by atoms with Gasteiger partial charge in [0.25, 0.3) is 0 Å². The zero-order chi connectivity index (χ0) is 14.0. The van der Waals surface area contributed by atoms with Gasteiger partial charge in [0, 0.05) is 18.2 Å². The number of aromatic nitrogens is 2. The third-order valence-corrected chi connectivity index (χ3v) is 3.16. The molecule has 0 aromatic carbocycles. The van der Waals surface area contributed by atoms with Gasteiger partial charge in [0.15, 0.2) is 12.0 Å². The summed E-state index contributed by atoms with van der Waals surface area (Å²) in [6, 6.07) is 0. The summed E-state index contributed by atoms with van der Waals surface area (Å²) in [5.74, 6) is 0.0925. The van der Waals surface area contributed by atoms with Gasteiger partial charge in [-0.05, 0) is 6.42 Å². The Bertz CT molecular complexity index is 504. The Morgan fingerprint density at radius 1 is 1.63 bits per heavy atom. The predicted molar refractivity (Wildman–Crippen MR) is 64.9 cm³/mol. The van der Waals surface area contributed by atoms with Crippen molar-refractivity contribution in [3.8, 4) is 0 Å². The highest BCUT2D eigenvalue weighted by molar-refractivity contribution is 5.39. The summed E-state index contributed by atoms with van der Waals surface area (Å²) in [5.41, 5.74) is 1.84. The summed E-state index contributed by atoms with van der Waals surface area (Å²) >= 11 is 0. The van der Waals surface area contributed by atoms with E-state index in [1.165, 1.54) is 10.8 Å². The lowest BCUT2D eigenvalue weighted by molar-refractivity contribution is -0.0530. The maximum absolute atomic E-state index is 11.8. The van der Waals surface area contributed by atoms with Crippen LogP contribution in [0.2, 0.25) is 0 Å². The van der Waals surface area contributed by atoms with E-state index in [4.69, 9.17) is 15.1 Å². The first-order valence-corrected chi connectivity index (χ1v) is 6.07. The number of aliphatic hydroxyl groups is 2. The number of hydrogen-bond acceptors (Lipinski definition) is 7. The molecule has 0 aliphatic carbocycles. The monoisotopic (exact) mass is 271 g/mol. The number of aryl methyl sites for hydroxylation is 1. The maximum Gasteiger partial charge on any atom is 0.351 e. The van der Waals surface area contributed by atoms with E-state index in [-0.39, 0.29) is 18.8 Å². The fourth-order valence-corrected chi connectivity index (χ4v) is 2.14. The molecule has 1 saturated heterocycles. The molecule has 2 rings (SSSR count). The normalized spacial score (nSPS) is 26.6. The van der Waals surface area contributed by atoms with Gasteiger partial charge in [0.2, 0.25) is 0 Å². The molecule has 1 aliphatic rings. The number of hydrogen-bond donors (Lipinski definition) is 4. The molecule has 19 heavy (non-hydrogen) atoms. The van der Waals surface area contributed by atoms with Crippen molar-refractivity contribution in [1.29, 1.82) is 0 Å². The standard InChI is InChI=1S/C11H17N3O5/c1-2-6-4-14(11(17)12-9(6)13-18)10-8(16)3-7(5-15)19-10/h4,7-8,10,15-16,18H,2-3,5H2,1H3,(H,12,13,17)/t7-,8+,10+/m0/s1. The van der Waals surface area contributed by atoms with Crippen LogP contribution in [0.4, 0.5) is 5.82 Å². The van der Waals surface area contributed by atoms with Crippen molar-refractivity contribution in [2.24, 2.45) is 0 Å². The molecule has 106 valence electrons. The van der Waals surface area contributed by atoms with Crippen LogP contribution in [0.15, 0.2) is 11.0 Å². The number of nitrogens with zero attached hydrogens (tertiary/aromatic N) is 2. The molecule has 1 aliphatic heterocycles. The molecule has 2 heterocycles. The maximum atomic E-state index is 11.8. The second kappa shape index (κ2) is 5.66. The zero-order valence-electron chi connectivity index (χ0n) is 10.5. The van der Waals surface area contributed by atoms with E-state index in [1.807, 2.05) is 12.4 Å². The molecular weight excluding hydrogens is 254 g/mol. The van der Waals surface area contributed by atoms with Crippen molar-refractivity contribution < 1.29 is 20.2 Å². The minimum atomic E-state index is -0.880. The van der Waals surface area contributed by atoms with Gasteiger partial charge < -0.3 is 14.9 Å². The summed E-state index contributed by atoms with van der Waals surface area (Å²) in [4.78, 5) is 15.5. The van der Waals surface area contributed by atoms with Crippen molar-refractivity contribution in [1.82, 2.24) is 9.55 Å². The fourth-order valence-electron chi connectivity index (χ4n) is 2.14. The van der Waals surface area contributed by atoms with E-state index in [0.29, 0.717) is 12.0 Å². The molecule has 0 saturated carbocycles. The van der Waals surface area contributed by atoms with Gasteiger partial charge in [-0.2, -0.15) is 4.98 Å². The van der Waals surface area contributed by atoms with Gasteiger partial charge in [-0.3, -0.25) is 15.3 Å². The first-order chi connectivity index (χ1) is 9.10. The highest BCUT2D eigenvalue weighted by Crippen LogP contribution is 2.28. The van der Waals surface area contributed by atoms with E-state index in [2.05, 4.69) is 4.98 Å². The lowest BCUT2D eigenvalue weighted by Crippen LogP contribution is -2.32. The van der Waals surface area contributed by atoms with Gasteiger partial charge >= 0.3 is 5.69 Å². The second-order valence-electron chi connectivity index (χ2n) is 4.40. The quantitative estimate of drug-likeness (QED) is 0.532. The topological polar surface area (TPSA) is 117 Å².